The second-order valence-corrected chi connectivity index (χ2v) is 5.16. The molecule has 2 unspecified atom stereocenters. The molecule has 3 heterocycles. The van der Waals surface area contributed by atoms with E-state index in [4.69, 9.17) is 4.52 Å². The highest BCUT2D eigenvalue weighted by molar-refractivity contribution is 5.51. The topological polar surface area (TPSA) is 68.8 Å². The molecule has 0 aromatic carbocycles. The average molecular weight is 261 g/mol. The van der Waals surface area contributed by atoms with Crippen molar-refractivity contribution in [3.05, 3.63) is 18.3 Å². The van der Waals surface area contributed by atoms with Crippen LogP contribution in [0.15, 0.2) is 16.9 Å². The van der Waals surface area contributed by atoms with Crippen molar-refractivity contribution >= 4 is 0 Å². The molecular formula is C13H19N5O. The lowest BCUT2D eigenvalue weighted by Gasteiger charge is -2.27. The first-order chi connectivity index (χ1) is 9.26. The van der Waals surface area contributed by atoms with E-state index in [0.29, 0.717) is 11.7 Å². The van der Waals surface area contributed by atoms with Crippen molar-refractivity contribution < 1.29 is 4.52 Å². The highest BCUT2D eigenvalue weighted by Crippen LogP contribution is 2.29. The Morgan fingerprint density at radius 2 is 2.42 bits per heavy atom. The fourth-order valence-electron chi connectivity index (χ4n) is 2.59. The Labute approximate surface area is 112 Å². The van der Waals surface area contributed by atoms with Crippen LogP contribution in [0.4, 0.5) is 0 Å². The van der Waals surface area contributed by atoms with Crippen LogP contribution in [0.2, 0.25) is 0 Å². The largest absolute Gasteiger partial charge is 0.337 e. The number of aromatic nitrogens is 4. The van der Waals surface area contributed by atoms with E-state index in [1.165, 1.54) is 12.8 Å². The Hall–Kier alpha value is -1.69. The Kier molecular flexibility index (Phi) is 3.33. The molecule has 0 amide bonds. The summed E-state index contributed by atoms with van der Waals surface area (Å²) in [6, 6.07) is 0.191. The van der Waals surface area contributed by atoms with E-state index in [0.717, 1.165) is 24.4 Å². The number of nitrogens with one attached hydrogen (secondary N) is 1. The molecule has 0 spiro atoms. The lowest BCUT2D eigenvalue weighted by atomic mass is 9.90. The molecule has 3 rings (SSSR count). The standard InChI is InChI=1S/C13H19N5O/c1-3-9-4-5-14-11(6-9)13-16-12(17-19-13)10-7-15-18(2)8-10/h7-9,11,14H,3-6H2,1-2H3. The normalized spacial score (nSPS) is 23.7. The van der Waals surface area contributed by atoms with Crippen molar-refractivity contribution in [3.63, 3.8) is 0 Å². The fraction of sp³-hybridized carbons (Fsp3) is 0.615. The van der Waals surface area contributed by atoms with Gasteiger partial charge in [-0.15, -0.1) is 0 Å². The van der Waals surface area contributed by atoms with Crippen molar-refractivity contribution in [2.75, 3.05) is 6.54 Å². The van der Waals surface area contributed by atoms with E-state index in [1.807, 2.05) is 13.2 Å². The molecule has 1 fully saturated rings. The quantitative estimate of drug-likeness (QED) is 0.914. The van der Waals surface area contributed by atoms with Gasteiger partial charge < -0.3 is 9.84 Å². The predicted octanol–water partition coefficient (Wildman–Crippen LogP) is 1.92. The molecular weight excluding hydrogens is 242 g/mol. The summed E-state index contributed by atoms with van der Waals surface area (Å²) in [7, 11) is 1.87. The summed E-state index contributed by atoms with van der Waals surface area (Å²) in [6.07, 6.45) is 7.15. The lowest BCUT2D eigenvalue weighted by Crippen LogP contribution is -2.31. The zero-order chi connectivity index (χ0) is 13.2. The van der Waals surface area contributed by atoms with Crippen LogP contribution in [0.5, 0.6) is 0 Å². The van der Waals surface area contributed by atoms with Crippen LogP contribution in [0, 0.1) is 5.92 Å². The molecule has 6 nitrogen and oxygen atoms in total. The Balaban J connectivity index is 1.77. The monoisotopic (exact) mass is 261 g/mol. The number of aryl methyl sites for hydroxylation is 1. The van der Waals surface area contributed by atoms with Gasteiger partial charge in [-0.05, 0) is 25.3 Å². The number of piperidine rings is 1. The summed E-state index contributed by atoms with van der Waals surface area (Å²) in [5, 5.41) is 11.6. The van der Waals surface area contributed by atoms with E-state index in [2.05, 4.69) is 27.5 Å². The molecule has 1 aliphatic heterocycles. The summed E-state index contributed by atoms with van der Waals surface area (Å²) < 4.78 is 7.13. The van der Waals surface area contributed by atoms with Crippen molar-refractivity contribution in [1.29, 1.82) is 0 Å². The first kappa shape index (κ1) is 12.3. The third-order valence-corrected chi connectivity index (χ3v) is 3.79. The Morgan fingerprint density at radius 1 is 1.53 bits per heavy atom. The molecule has 0 aliphatic carbocycles. The highest BCUT2D eigenvalue weighted by atomic mass is 16.5. The van der Waals surface area contributed by atoms with Gasteiger partial charge in [-0.3, -0.25) is 4.68 Å². The molecule has 1 saturated heterocycles. The Morgan fingerprint density at radius 3 is 3.16 bits per heavy atom. The molecule has 0 bridgehead atoms. The number of rotatable bonds is 3. The molecule has 0 radical (unpaired) electrons. The zero-order valence-corrected chi connectivity index (χ0v) is 11.3. The van der Waals surface area contributed by atoms with Gasteiger partial charge in [0.15, 0.2) is 0 Å². The van der Waals surface area contributed by atoms with Crippen molar-refractivity contribution in [1.82, 2.24) is 25.2 Å². The third kappa shape index (κ3) is 2.53. The van der Waals surface area contributed by atoms with Crippen molar-refractivity contribution in [3.8, 4) is 11.4 Å². The third-order valence-electron chi connectivity index (χ3n) is 3.79. The molecule has 2 aromatic rings. The zero-order valence-electron chi connectivity index (χ0n) is 11.3. The summed E-state index contributed by atoms with van der Waals surface area (Å²) in [5.74, 6) is 2.06. The average Bonchev–Trinajstić information content (AvgIpc) is 3.07. The molecule has 1 aliphatic rings. The minimum Gasteiger partial charge on any atom is -0.337 e. The minimum absolute atomic E-state index is 0.191. The van der Waals surface area contributed by atoms with Crippen LogP contribution < -0.4 is 5.32 Å². The molecule has 1 N–H and O–H groups in total. The first-order valence-electron chi connectivity index (χ1n) is 6.82. The first-order valence-corrected chi connectivity index (χ1v) is 6.82. The molecule has 102 valence electrons. The summed E-state index contributed by atoms with van der Waals surface area (Å²) >= 11 is 0. The van der Waals surface area contributed by atoms with Gasteiger partial charge in [0.25, 0.3) is 0 Å². The second kappa shape index (κ2) is 5.13. The van der Waals surface area contributed by atoms with Gasteiger partial charge in [0.05, 0.1) is 17.8 Å². The predicted molar refractivity (Wildman–Crippen MR) is 70.3 cm³/mol. The van der Waals surface area contributed by atoms with Gasteiger partial charge in [-0.2, -0.15) is 10.1 Å². The van der Waals surface area contributed by atoms with Gasteiger partial charge in [0, 0.05) is 13.2 Å². The van der Waals surface area contributed by atoms with Crippen LogP contribution in [0.3, 0.4) is 0 Å². The van der Waals surface area contributed by atoms with Gasteiger partial charge in [-0.1, -0.05) is 18.5 Å². The molecule has 2 atom stereocenters. The SMILES string of the molecule is CCC1CCNC(c2nc(-c3cnn(C)c3)no2)C1. The van der Waals surface area contributed by atoms with Gasteiger partial charge in [-0.25, -0.2) is 0 Å². The fourth-order valence-corrected chi connectivity index (χ4v) is 2.59. The Bertz CT molecular complexity index is 547. The van der Waals surface area contributed by atoms with Gasteiger partial charge >= 0.3 is 0 Å². The van der Waals surface area contributed by atoms with E-state index in [-0.39, 0.29) is 6.04 Å². The summed E-state index contributed by atoms with van der Waals surface area (Å²) in [6.45, 7) is 3.26. The smallest absolute Gasteiger partial charge is 0.244 e. The maximum Gasteiger partial charge on any atom is 0.244 e. The van der Waals surface area contributed by atoms with E-state index >= 15 is 0 Å². The highest BCUT2D eigenvalue weighted by Gasteiger charge is 2.26. The van der Waals surface area contributed by atoms with E-state index in [9.17, 15) is 0 Å². The van der Waals surface area contributed by atoms with Crippen LogP contribution in [-0.4, -0.2) is 26.5 Å². The van der Waals surface area contributed by atoms with Crippen LogP contribution in [0.1, 0.15) is 38.1 Å². The van der Waals surface area contributed by atoms with Gasteiger partial charge in [0.2, 0.25) is 11.7 Å². The second-order valence-electron chi connectivity index (χ2n) is 5.16. The molecule has 19 heavy (non-hydrogen) atoms. The lowest BCUT2D eigenvalue weighted by molar-refractivity contribution is 0.246. The number of nitrogens with zero attached hydrogens (tertiary/aromatic N) is 4. The van der Waals surface area contributed by atoms with Crippen molar-refractivity contribution in [2.45, 2.75) is 32.2 Å². The van der Waals surface area contributed by atoms with Crippen LogP contribution in [-0.2, 0) is 7.05 Å². The number of hydrogen-bond acceptors (Lipinski definition) is 5. The maximum atomic E-state index is 5.40. The number of hydrogen-bond donors (Lipinski definition) is 1. The maximum absolute atomic E-state index is 5.40. The minimum atomic E-state index is 0.191. The molecule has 0 saturated carbocycles. The van der Waals surface area contributed by atoms with Crippen molar-refractivity contribution in [2.24, 2.45) is 13.0 Å². The molecule has 6 heteroatoms. The van der Waals surface area contributed by atoms with Crippen LogP contribution in [0.25, 0.3) is 11.4 Å². The molecule has 2 aromatic heterocycles. The summed E-state index contributed by atoms with van der Waals surface area (Å²) in [4.78, 5) is 4.49. The van der Waals surface area contributed by atoms with Gasteiger partial charge in [0.1, 0.15) is 0 Å². The van der Waals surface area contributed by atoms with Crippen LogP contribution >= 0.6 is 0 Å². The van der Waals surface area contributed by atoms with E-state index in [1.54, 1.807) is 10.9 Å². The summed E-state index contributed by atoms with van der Waals surface area (Å²) in [5.41, 5.74) is 0.889. The van der Waals surface area contributed by atoms with E-state index < -0.39 is 0 Å².